The van der Waals surface area contributed by atoms with E-state index in [1.165, 1.54) is 0 Å². The van der Waals surface area contributed by atoms with Crippen LogP contribution < -0.4 is 4.74 Å². The van der Waals surface area contributed by atoms with Crippen LogP contribution in [0.3, 0.4) is 0 Å². The van der Waals surface area contributed by atoms with E-state index in [1.54, 1.807) is 0 Å². The van der Waals surface area contributed by atoms with Gasteiger partial charge in [0.1, 0.15) is 5.75 Å². The fourth-order valence-electron chi connectivity index (χ4n) is 1.54. The lowest BCUT2D eigenvalue weighted by Gasteiger charge is -2.32. The summed E-state index contributed by atoms with van der Waals surface area (Å²) in [6.45, 7) is 0. The van der Waals surface area contributed by atoms with Gasteiger partial charge >= 0.3 is 23.9 Å². The van der Waals surface area contributed by atoms with Gasteiger partial charge in [-0.05, 0) is 18.2 Å². The molecule has 0 spiro atoms. The van der Waals surface area contributed by atoms with Crippen molar-refractivity contribution in [1.29, 1.82) is 0 Å². The Balaban J connectivity index is 3.49. The van der Waals surface area contributed by atoms with E-state index in [2.05, 4.69) is 4.74 Å². The largest absolute Gasteiger partial charge is 0.496 e. The summed E-state index contributed by atoms with van der Waals surface area (Å²) in [5.41, 5.74) is -1.38. The van der Waals surface area contributed by atoms with Crippen LogP contribution in [0.25, 0.3) is 0 Å². The number of halogens is 10. The number of alkyl halides is 9. The molecule has 0 aliphatic carbocycles. The number of hydrogen-bond acceptors (Lipinski definition) is 2. The van der Waals surface area contributed by atoms with Crippen LogP contribution in [0.4, 0.5) is 39.5 Å². The van der Waals surface area contributed by atoms with Gasteiger partial charge in [0, 0.05) is 5.02 Å². The zero-order valence-electron chi connectivity index (χ0n) is 11.3. The molecular formula is C12H6ClF9O2. The molecular weight excluding hydrogens is 383 g/mol. The molecule has 0 unspecified atom stereocenters. The number of hydrogen-bond donors (Lipinski definition) is 0. The average molecular weight is 389 g/mol. The van der Waals surface area contributed by atoms with Crippen LogP contribution in [0.2, 0.25) is 5.02 Å². The van der Waals surface area contributed by atoms with Crippen LogP contribution in [0.5, 0.6) is 5.75 Å². The summed E-state index contributed by atoms with van der Waals surface area (Å²) in [6, 6.07) is 2.13. The average Bonchev–Trinajstić information content (AvgIpc) is 2.44. The van der Waals surface area contributed by atoms with Crippen LogP contribution >= 0.6 is 11.6 Å². The molecule has 0 fully saturated rings. The number of ketones is 1. The highest BCUT2D eigenvalue weighted by atomic mass is 35.5. The van der Waals surface area contributed by atoms with Crippen molar-refractivity contribution in [3.8, 4) is 5.75 Å². The van der Waals surface area contributed by atoms with Gasteiger partial charge in [0.2, 0.25) is 5.78 Å². The summed E-state index contributed by atoms with van der Waals surface area (Å²) in [6.07, 6.45) is -7.02. The van der Waals surface area contributed by atoms with Gasteiger partial charge in [-0.15, -0.1) is 0 Å². The number of benzene rings is 1. The van der Waals surface area contributed by atoms with E-state index in [9.17, 15) is 44.3 Å². The molecule has 0 aromatic heterocycles. The summed E-state index contributed by atoms with van der Waals surface area (Å²) in [7, 11) is 0.820. The smallest absolute Gasteiger partial charge is 0.460 e. The molecule has 24 heavy (non-hydrogen) atoms. The molecule has 0 aliphatic heterocycles. The third-order valence-electron chi connectivity index (χ3n) is 2.84. The number of carbonyl (C=O) groups excluding carboxylic acids is 1. The summed E-state index contributed by atoms with van der Waals surface area (Å²) in [5.74, 6) is -24.4. The van der Waals surface area contributed by atoms with Gasteiger partial charge in [0.25, 0.3) is 0 Å². The van der Waals surface area contributed by atoms with Crippen LogP contribution in [0, 0.1) is 0 Å². The van der Waals surface area contributed by atoms with Crippen molar-refractivity contribution in [1.82, 2.24) is 0 Å². The Hall–Kier alpha value is -1.65. The number of Topliss-reactive ketones (excluding diaryl/α,β-unsaturated/α-hetero) is 1. The molecule has 0 heterocycles. The standard InChI is InChI=1S/C12H6ClF9O2/c1-24-7-3-2-5(13)4-6(7)8(23)9(14,15)10(16,17)11(18,19)12(20,21)22/h2-4H,1H3. The second-order valence-electron chi connectivity index (χ2n) is 4.39. The molecule has 1 aromatic carbocycles. The summed E-state index contributed by atoms with van der Waals surface area (Å²) < 4.78 is 120. The van der Waals surface area contributed by atoms with Crippen molar-refractivity contribution < 1.29 is 49.0 Å². The molecule has 0 N–H and O–H groups in total. The lowest BCUT2D eigenvalue weighted by Crippen LogP contribution is -2.63. The first kappa shape index (κ1) is 20.4. The lowest BCUT2D eigenvalue weighted by atomic mass is 9.95. The monoisotopic (exact) mass is 388 g/mol. The van der Waals surface area contributed by atoms with Crippen LogP contribution in [-0.2, 0) is 0 Å². The van der Waals surface area contributed by atoms with Crippen molar-refractivity contribution in [3.63, 3.8) is 0 Å². The zero-order chi connectivity index (χ0) is 19.1. The lowest BCUT2D eigenvalue weighted by molar-refractivity contribution is -0.386. The van der Waals surface area contributed by atoms with Crippen molar-refractivity contribution in [2.24, 2.45) is 0 Å². The van der Waals surface area contributed by atoms with Crippen molar-refractivity contribution >= 4 is 17.4 Å². The SMILES string of the molecule is COc1ccc(Cl)cc1C(=O)C(F)(F)C(F)(F)C(F)(F)C(F)(F)F. The third kappa shape index (κ3) is 3.01. The Morgan fingerprint density at radius 1 is 0.958 bits per heavy atom. The van der Waals surface area contributed by atoms with E-state index in [0.29, 0.717) is 6.07 Å². The van der Waals surface area contributed by atoms with E-state index in [0.717, 1.165) is 19.2 Å². The van der Waals surface area contributed by atoms with E-state index < -0.39 is 46.1 Å². The Morgan fingerprint density at radius 3 is 1.88 bits per heavy atom. The number of ether oxygens (including phenoxy) is 1. The molecule has 2 nitrogen and oxygen atoms in total. The Morgan fingerprint density at radius 2 is 1.46 bits per heavy atom. The fraction of sp³-hybridized carbons (Fsp3) is 0.417. The summed E-state index contributed by atoms with van der Waals surface area (Å²) >= 11 is 5.38. The first-order chi connectivity index (χ1) is 10.6. The molecule has 1 rings (SSSR count). The quantitative estimate of drug-likeness (QED) is 0.524. The molecule has 0 bridgehead atoms. The summed E-state index contributed by atoms with van der Waals surface area (Å²) in [4.78, 5) is 11.5. The van der Waals surface area contributed by atoms with E-state index in [1.807, 2.05) is 0 Å². The van der Waals surface area contributed by atoms with Gasteiger partial charge in [-0.3, -0.25) is 4.79 Å². The molecule has 0 amide bonds. The molecule has 136 valence electrons. The predicted octanol–water partition coefficient (Wildman–Crippen LogP) is 5.00. The first-order valence-electron chi connectivity index (χ1n) is 5.69. The molecule has 0 radical (unpaired) electrons. The number of methoxy groups -OCH3 is 1. The van der Waals surface area contributed by atoms with Gasteiger partial charge in [0.15, 0.2) is 0 Å². The van der Waals surface area contributed by atoms with Gasteiger partial charge < -0.3 is 4.74 Å². The van der Waals surface area contributed by atoms with Gasteiger partial charge in [-0.1, -0.05) is 11.6 Å². The van der Waals surface area contributed by atoms with E-state index >= 15 is 0 Å². The van der Waals surface area contributed by atoms with Gasteiger partial charge in [-0.2, -0.15) is 39.5 Å². The summed E-state index contributed by atoms with van der Waals surface area (Å²) in [5, 5.41) is -0.444. The maximum Gasteiger partial charge on any atom is 0.460 e. The molecule has 0 atom stereocenters. The van der Waals surface area contributed by atoms with Crippen LogP contribution in [0.1, 0.15) is 10.4 Å². The van der Waals surface area contributed by atoms with Crippen molar-refractivity contribution in [3.05, 3.63) is 28.8 Å². The predicted molar refractivity (Wildman–Crippen MR) is 63.2 cm³/mol. The third-order valence-corrected chi connectivity index (χ3v) is 3.07. The minimum atomic E-state index is -7.16. The maximum absolute atomic E-state index is 13.6. The number of rotatable bonds is 5. The topological polar surface area (TPSA) is 26.3 Å². The Kier molecular flexibility index (Phi) is 5.11. The number of carbonyl (C=O) groups is 1. The normalized spacial score (nSPS) is 13.8. The Bertz CT molecular complexity index is 640. The highest BCUT2D eigenvalue weighted by Gasteiger charge is 2.83. The van der Waals surface area contributed by atoms with Crippen LogP contribution in [-0.4, -0.2) is 36.8 Å². The van der Waals surface area contributed by atoms with E-state index in [-0.39, 0.29) is 0 Å². The molecule has 1 aromatic rings. The molecule has 0 saturated heterocycles. The van der Waals surface area contributed by atoms with Crippen LogP contribution in [0.15, 0.2) is 18.2 Å². The zero-order valence-corrected chi connectivity index (χ0v) is 12.1. The second-order valence-corrected chi connectivity index (χ2v) is 4.83. The molecule has 0 saturated carbocycles. The highest BCUT2D eigenvalue weighted by molar-refractivity contribution is 6.31. The second kappa shape index (κ2) is 6.01. The highest BCUT2D eigenvalue weighted by Crippen LogP contribution is 2.54. The maximum atomic E-state index is 13.6. The Labute approximate surface area is 133 Å². The first-order valence-corrected chi connectivity index (χ1v) is 6.07. The van der Waals surface area contributed by atoms with Crippen molar-refractivity contribution in [2.45, 2.75) is 23.9 Å². The van der Waals surface area contributed by atoms with Gasteiger partial charge in [-0.25, -0.2) is 0 Å². The van der Waals surface area contributed by atoms with Gasteiger partial charge in [0.05, 0.1) is 12.7 Å². The minimum Gasteiger partial charge on any atom is -0.496 e. The molecule has 12 heteroatoms. The fourth-order valence-corrected chi connectivity index (χ4v) is 1.72. The van der Waals surface area contributed by atoms with E-state index in [4.69, 9.17) is 11.6 Å². The van der Waals surface area contributed by atoms with Crippen molar-refractivity contribution in [2.75, 3.05) is 7.11 Å². The molecule has 0 aliphatic rings. The minimum absolute atomic E-state index is 0.373.